The minimum absolute atomic E-state index is 0.273. The number of halogens is 1. The lowest BCUT2D eigenvalue weighted by Crippen LogP contribution is -2.41. The summed E-state index contributed by atoms with van der Waals surface area (Å²) in [6.07, 6.45) is 0.985. The second kappa shape index (κ2) is 6.96. The monoisotopic (exact) mass is 358 g/mol. The number of nitrogens with one attached hydrogen (secondary N) is 1. The molecule has 0 aliphatic rings. The number of hydrogen-bond donors (Lipinski definition) is 2. The zero-order chi connectivity index (χ0) is 15.4. The molecule has 0 radical (unpaired) electrons. The Morgan fingerprint density at radius 1 is 1.30 bits per heavy atom. The number of benzene rings is 1. The molecule has 0 heterocycles. The zero-order valence-corrected chi connectivity index (χ0v) is 15.8. The van der Waals surface area contributed by atoms with Crippen LogP contribution in [0.3, 0.4) is 0 Å². The van der Waals surface area contributed by atoms with Crippen molar-refractivity contribution >= 4 is 35.6 Å². The Hall–Kier alpha value is -0.523. The van der Waals surface area contributed by atoms with Gasteiger partial charge < -0.3 is 15.5 Å². The summed E-state index contributed by atoms with van der Waals surface area (Å²) in [5, 5.41) is 3.63. The molecule has 0 bridgehead atoms. The number of rotatable bonds is 6. The van der Waals surface area contributed by atoms with Gasteiger partial charge in [0.1, 0.15) is 0 Å². The van der Waals surface area contributed by atoms with Crippen molar-refractivity contribution in [3.05, 3.63) is 22.7 Å². The van der Waals surface area contributed by atoms with E-state index in [4.69, 9.17) is 10.2 Å². The lowest BCUT2D eigenvalue weighted by Gasteiger charge is -2.36. The van der Waals surface area contributed by atoms with E-state index in [2.05, 4.69) is 55.1 Å². The van der Waals surface area contributed by atoms with Gasteiger partial charge in [-0.3, -0.25) is 0 Å². The fraction of sp³-hybridized carbons (Fsp3) is 0.600. The summed E-state index contributed by atoms with van der Waals surface area (Å²) >= 11 is 3.45. The van der Waals surface area contributed by atoms with Crippen LogP contribution in [0.1, 0.15) is 27.2 Å². The Kier molecular flexibility index (Phi) is 6.10. The second-order valence-electron chi connectivity index (χ2n) is 6.62. The standard InChI is InChI=1S/C15H27BrN2OSi/c1-15(2,3)20(4,5)19-10-6-9-18-14-11-12(16)7-8-13(14)17/h7-8,11,18H,6,9-10,17H2,1-5H3. The highest BCUT2D eigenvalue weighted by Gasteiger charge is 2.36. The predicted octanol–water partition coefficient (Wildman–Crippen LogP) is 4.86. The van der Waals surface area contributed by atoms with Crippen LogP contribution in [-0.4, -0.2) is 21.5 Å². The first-order valence-corrected chi connectivity index (χ1v) is 10.8. The first-order valence-electron chi connectivity index (χ1n) is 7.06. The lowest BCUT2D eigenvalue weighted by atomic mass is 10.2. The summed E-state index contributed by atoms with van der Waals surface area (Å²) in [6, 6.07) is 5.85. The van der Waals surface area contributed by atoms with E-state index in [1.54, 1.807) is 0 Å². The number of anilines is 2. The summed E-state index contributed by atoms with van der Waals surface area (Å²) in [5.74, 6) is 0. The molecule has 114 valence electrons. The average Bonchev–Trinajstić information content (AvgIpc) is 2.31. The molecular formula is C15H27BrN2OSi. The Morgan fingerprint density at radius 2 is 1.95 bits per heavy atom. The van der Waals surface area contributed by atoms with Crippen LogP contribution in [-0.2, 0) is 4.43 Å². The first-order chi connectivity index (χ1) is 9.13. The third-order valence-corrected chi connectivity index (χ3v) is 8.95. The van der Waals surface area contributed by atoms with Crippen molar-refractivity contribution in [3.8, 4) is 0 Å². The van der Waals surface area contributed by atoms with E-state index in [0.29, 0.717) is 0 Å². The highest BCUT2D eigenvalue weighted by molar-refractivity contribution is 9.10. The van der Waals surface area contributed by atoms with Gasteiger partial charge in [-0.15, -0.1) is 0 Å². The van der Waals surface area contributed by atoms with E-state index in [1.165, 1.54) is 0 Å². The zero-order valence-electron chi connectivity index (χ0n) is 13.2. The molecule has 1 rings (SSSR count). The molecule has 0 aliphatic heterocycles. The van der Waals surface area contributed by atoms with Gasteiger partial charge in [0.2, 0.25) is 0 Å². The molecule has 20 heavy (non-hydrogen) atoms. The van der Waals surface area contributed by atoms with Crippen LogP contribution in [0.5, 0.6) is 0 Å². The van der Waals surface area contributed by atoms with Gasteiger partial charge in [-0.1, -0.05) is 36.7 Å². The van der Waals surface area contributed by atoms with Gasteiger partial charge in [0.25, 0.3) is 0 Å². The highest BCUT2D eigenvalue weighted by atomic mass is 79.9. The van der Waals surface area contributed by atoms with Gasteiger partial charge in [-0.05, 0) is 42.8 Å². The van der Waals surface area contributed by atoms with Gasteiger partial charge in [0.15, 0.2) is 8.32 Å². The van der Waals surface area contributed by atoms with Crippen molar-refractivity contribution in [1.29, 1.82) is 0 Å². The van der Waals surface area contributed by atoms with Crippen LogP contribution in [0, 0.1) is 0 Å². The van der Waals surface area contributed by atoms with E-state index >= 15 is 0 Å². The third kappa shape index (κ3) is 5.11. The topological polar surface area (TPSA) is 47.3 Å². The van der Waals surface area contributed by atoms with Crippen LogP contribution in [0.4, 0.5) is 11.4 Å². The van der Waals surface area contributed by atoms with E-state index < -0.39 is 8.32 Å². The summed E-state index contributed by atoms with van der Waals surface area (Å²) in [4.78, 5) is 0. The SMILES string of the molecule is CC(C)(C)[Si](C)(C)OCCCNc1cc(Br)ccc1N. The highest BCUT2D eigenvalue weighted by Crippen LogP contribution is 2.36. The number of hydrogen-bond acceptors (Lipinski definition) is 3. The average molecular weight is 359 g/mol. The van der Waals surface area contributed by atoms with Crippen molar-refractivity contribution in [3.63, 3.8) is 0 Å². The van der Waals surface area contributed by atoms with E-state index in [9.17, 15) is 0 Å². The largest absolute Gasteiger partial charge is 0.417 e. The maximum absolute atomic E-state index is 6.14. The Balaban J connectivity index is 2.34. The molecule has 5 heteroatoms. The Bertz CT molecular complexity index is 444. The van der Waals surface area contributed by atoms with E-state index in [-0.39, 0.29) is 5.04 Å². The van der Waals surface area contributed by atoms with Gasteiger partial charge in [0, 0.05) is 17.6 Å². The molecule has 0 saturated carbocycles. The molecule has 0 spiro atoms. The predicted molar refractivity (Wildman–Crippen MR) is 94.8 cm³/mol. The van der Waals surface area contributed by atoms with Crippen molar-refractivity contribution in [2.24, 2.45) is 0 Å². The first kappa shape index (κ1) is 17.5. The van der Waals surface area contributed by atoms with E-state index in [0.717, 1.165) is 35.4 Å². The quantitative estimate of drug-likeness (QED) is 0.433. The number of nitrogen functional groups attached to an aromatic ring is 1. The minimum Gasteiger partial charge on any atom is -0.417 e. The van der Waals surface area contributed by atoms with Crippen molar-refractivity contribution in [2.75, 3.05) is 24.2 Å². The molecule has 0 saturated heterocycles. The summed E-state index contributed by atoms with van der Waals surface area (Å²) in [5.41, 5.74) is 7.68. The molecule has 0 atom stereocenters. The molecule has 3 nitrogen and oxygen atoms in total. The maximum atomic E-state index is 6.14. The maximum Gasteiger partial charge on any atom is 0.191 e. The smallest absolute Gasteiger partial charge is 0.191 e. The molecule has 3 N–H and O–H groups in total. The lowest BCUT2D eigenvalue weighted by molar-refractivity contribution is 0.286. The molecule has 0 amide bonds. The molecule has 0 fully saturated rings. The number of nitrogens with two attached hydrogens (primary N) is 1. The van der Waals surface area contributed by atoms with Gasteiger partial charge >= 0.3 is 0 Å². The minimum atomic E-state index is -1.61. The van der Waals surface area contributed by atoms with Gasteiger partial charge in [-0.25, -0.2) is 0 Å². The molecule has 1 aromatic rings. The van der Waals surface area contributed by atoms with Crippen molar-refractivity contribution < 1.29 is 4.43 Å². The Labute approximate surface area is 132 Å². The fourth-order valence-electron chi connectivity index (χ4n) is 1.52. The molecule has 0 unspecified atom stereocenters. The fourth-order valence-corrected chi connectivity index (χ4v) is 2.97. The van der Waals surface area contributed by atoms with E-state index in [1.807, 2.05) is 18.2 Å². The van der Waals surface area contributed by atoms with Gasteiger partial charge in [-0.2, -0.15) is 0 Å². The molecule has 1 aromatic carbocycles. The van der Waals surface area contributed by atoms with Crippen LogP contribution in [0.25, 0.3) is 0 Å². The summed E-state index contributed by atoms with van der Waals surface area (Å²) in [7, 11) is -1.61. The van der Waals surface area contributed by atoms with Crippen molar-refractivity contribution in [1.82, 2.24) is 0 Å². The normalized spacial score (nSPS) is 12.5. The van der Waals surface area contributed by atoms with Crippen LogP contribution < -0.4 is 11.1 Å². The Morgan fingerprint density at radius 3 is 2.55 bits per heavy atom. The third-order valence-electron chi connectivity index (χ3n) is 3.92. The van der Waals surface area contributed by atoms with Crippen molar-refractivity contribution in [2.45, 2.75) is 45.3 Å². The van der Waals surface area contributed by atoms with Crippen LogP contribution >= 0.6 is 15.9 Å². The molecule has 0 aromatic heterocycles. The van der Waals surface area contributed by atoms with Crippen LogP contribution in [0.2, 0.25) is 18.1 Å². The van der Waals surface area contributed by atoms with Gasteiger partial charge in [0.05, 0.1) is 11.4 Å². The molecule has 0 aliphatic carbocycles. The van der Waals surface area contributed by atoms with Crippen LogP contribution in [0.15, 0.2) is 22.7 Å². The summed E-state index contributed by atoms with van der Waals surface area (Å²) < 4.78 is 7.18. The molecular weight excluding hydrogens is 332 g/mol. The summed E-state index contributed by atoms with van der Waals surface area (Å²) in [6.45, 7) is 13.0. The second-order valence-corrected chi connectivity index (χ2v) is 12.3.